The summed E-state index contributed by atoms with van der Waals surface area (Å²) in [4.78, 5) is 11.1. The van der Waals surface area contributed by atoms with Crippen molar-refractivity contribution in [2.24, 2.45) is 7.05 Å². The smallest absolute Gasteiger partial charge is 0.274 e. The fraction of sp³-hybridized carbons (Fsp3) is 0.143. The van der Waals surface area contributed by atoms with Gasteiger partial charge in [-0.15, -0.1) is 0 Å². The second kappa shape index (κ2) is 2.88. The van der Waals surface area contributed by atoms with Crippen LogP contribution in [-0.2, 0) is 7.05 Å². The second-order valence-electron chi connectivity index (χ2n) is 2.07. The van der Waals surface area contributed by atoms with Gasteiger partial charge in [0, 0.05) is 13.2 Å². The van der Waals surface area contributed by atoms with Crippen LogP contribution in [0.3, 0.4) is 0 Å². The standard InChI is InChI=1S/C7H7N3O/c1-10-4-2-3-6(7(10)11)9-5-8/h2-4,9H,1H3. The predicted octanol–water partition coefficient (Wildman–Crippen LogP) is 0.278. The lowest BCUT2D eigenvalue weighted by Gasteiger charge is -1.98. The molecule has 0 atom stereocenters. The van der Waals surface area contributed by atoms with E-state index in [4.69, 9.17) is 5.26 Å². The van der Waals surface area contributed by atoms with Gasteiger partial charge in [-0.25, -0.2) is 0 Å². The summed E-state index contributed by atoms with van der Waals surface area (Å²) in [6.45, 7) is 0. The largest absolute Gasteiger partial charge is 0.317 e. The van der Waals surface area contributed by atoms with Gasteiger partial charge in [-0.05, 0) is 12.1 Å². The third-order valence-electron chi connectivity index (χ3n) is 1.31. The van der Waals surface area contributed by atoms with E-state index in [1.54, 1.807) is 31.6 Å². The minimum Gasteiger partial charge on any atom is -0.317 e. The molecule has 0 aliphatic rings. The SMILES string of the molecule is Cn1cccc(NC#N)c1=O. The Labute approximate surface area is 63.7 Å². The summed E-state index contributed by atoms with van der Waals surface area (Å²) in [5.41, 5.74) is 0.103. The van der Waals surface area contributed by atoms with Crippen LogP contribution in [0.25, 0.3) is 0 Å². The molecule has 0 aliphatic carbocycles. The van der Waals surface area contributed by atoms with E-state index in [-0.39, 0.29) is 5.56 Å². The molecule has 4 heteroatoms. The van der Waals surface area contributed by atoms with Gasteiger partial charge in [-0.2, -0.15) is 5.26 Å². The van der Waals surface area contributed by atoms with Crippen LogP contribution in [-0.4, -0.2) is 4.57 Å². The highest BCUT2D eigenvalue weighted by atomic mass is 16.1. The van der Waals surface area contributed by atoms with Gasteiger partial charge in [0.25, 0.3) is 5.56 Å². The number of pyridine rings is 1. The van der Waals surface area contributed by atoms with Gasteiger partial charge in [0.05, 0.1) is 0 Å². The lowest BCUT2D eigenvalue weighted by Crippen LogP contribution is -2.18. The van der Waals surface area contributed by atoms with Gasteiger partial charge >= 0.3 is 0 Å². The number of aryl methyl sites for hydroxylation is 1. The highest BCUT2D eigenvalue weighted by molar-refractivity contribution is 5.43. The van der Waals surface area contributed by atoms with E-state index in [2.05, 4.69) is 5.32 Å². The maximum absolute atomic E-state index is 11.1. The van der Waals surface area contributed by atoms with E-state index in [0.29, 0.717) is 5.69 Å². The molecular weight excluding hydrogens is 142 g/mol. The zero-order valence-electron chi connectivity index (χ0n) is 6.03. The van der Waals surface area contributed by atoms with Crippen molar-refractivity contribution in [2.45, 2.75) is 0 Å². The number of anilines is 1. The van der Waals surface area contributed by atoms with Gasteiger partial charge in [0.15, 0.2) is 6.19 Å². The Morgan fingerprint density at radius 2 is 2.45 bits per heavy atom. The van der Waals surface area contributed by atoms with Crippen molar-refractivity contribution >= 4 is 5.69 Å². The van der Waals surface area contributed by atoms with Crippen LogP contribution in [0.5, 0.6) is 0 Å². The summed E-state index contributed by atoms with van der Waals surface area (Å²) in [6.07, 6.45) is 3.32. The van der Waals surface area contributed by atoms with E-state index in [1.807, 2.05) is 0 Å². The molecule has 0 saturated heterocycles. The van der Waals surface area contributed by atoms with Crippen molar-refractivity contribution in [1.29, 1.82) is 5.26 Å². The summed E-state index contributed by atoms with van der Waals surface area (Å²) < 4.78 is 1.40. The Morgan fingerprint density at radius 1 is 1.73 bits per heavy atom. The topological polar surface area (TPSA) is 57.8 Å². The number of hydrogen-bond donors (Lipinski definition) is 1. The number of hydrogen-bond acceptors (Lipinski definition) is 3. The number of nitrogens with one attached hydrogen (secondary N) is 1. The minimum absolute atomic E-state index is 0.200. The molecule has 0 amide bonds. The quantitative estimate of drug-likeness (QED) is 0.461. The van der Waals surface area contributed by atoms with Crippen LogP contribution in [0.4, 0.5) is 5.69 Å². The molecule has 56 valence electrons. The number of rotatable bonds is 1. The van der Waals surface area contributed by atoms with Crippen molar-refractivity contribution in [3.63, 3.8) is 0 Å². The molecule has 1 rings (SSSR count). The molecule has 0 fully saturated rings. The minimum atomic E-state index is -0.200. The summed E-state index contributed by atoms with van der Waals surface area (Å²) in [5, 5.41) is 10.5. The van der Waals surface area contributed by atoms with Gasteiger partial charge in [-0.3, -0.25) is 10.1 Å². The fourth-order valence-corrected chi connectivity index (χ4v) is 0.753. The Morgan fingerprint density at radius 3 is 3.09 bits per heavy atom. The molecule has 4 nitrogen and oxygen atoms in total. The molecule has 0 aliphatic heterocycles. The maximum Gasteiger partial charge on any atom is 0.274 e. The first-order valence-electron chi connectivity index (χ1n) is 3.06. The van der Waals surface area contributed by atoms with Crippen LogP contribution in [0, 0.1) is 11.5 Å². The summed E-state index contributed by atoms with van der Waals surface area (Å²) >= 11 is 0. The number of aromatic nitrogens is 1. The van der Waals surface area contributed by atoms with Crippen LogP contribution in [0.15, 0.2) is 23.1 Å². The Balaban J connectivity index is 3.20. The van der Waals surface area contributed by atoms with Gasteiger partial charge < -0.3 is 4.57 Å². The first-order valence-corrected chi connectivity index (χ1v) is 3.06. The summed E-state index contributed by atoms with van der Waals surface area (Å²) in [5.74, 6) is 0. The monoisotopic (exact) mass is 149 g/mol. The van der Waals surface area contributed by atoms with Crippen LogP contribution in [0.2, 0.25) is 0 Å². The normalized spacial score (nSPS) is 8.73. The van der Waals surface area contributed by atoms with E-state index in [9.17, 15) is 4.79 Å². The number of nitriles is 1. The van der Waals surface area contributed by atoms with Crippen LogP contribution < -0.4 is 10.9 Å². The molecule has 11 heavy (non-hydrogen) atoms. The average Bonchev–Trinajstić information content (AvgIpc) is 1.99. The number of nitrogens with zero attached hydrogens (tertiary/aromatic N) is 2. The molecule has 0 saturated carbocycles. The molecule has 1 N–H and O–H groups in total. The fourth-order valence-electron chi connectivity index (χ4n) is 0.753. The zero-order valence-corrected chi connectivity index (χ0v) is 6.03. The molecule has 1 aromatic heterocycles. The highest BCUT2D eigenvalue weighted by Crippen LogP contribution is 1.94. The lowest BCUT2D eigenvalue weighted by molar-refractivity contribution is 0.863. The van der Waals surface area contributed by atoms with Crippen molar-refractivity contribution in [3.8, 4) is 6.19 Å². The van der Waals surface area contributed by atoms with Crippen LogP contribution in [0.1, 0.15) is 0 Å². The molecule has 0 aromatic carbocycles. The Hall–Kier alpha value is -1.76. The first-order chi connectivity index (χ1) is 5.25. The van der Waals surface area contributed by atoms with Crippen molar-refractivity contribution in [2.75, 3.05) is 5.32 Å². The Bertz CT molecular complexity index is 347. The molecular formula is C7H7N3O. The van der Waals surface area contributed by atoms with E-state index in [1.165, 1.54) is 4.57 Å². The van der Waals surface area contributed by atoms with E-state index < -0.39 is 0 Å². The van der Waals surface area contributed by atoms with E-state index >= 15 is 0 Å². The van der Waals surface area contributed by atoms with Crippen molar-refractivity contribution in [1.82, 2.24) is 4.57 Å². The van der Waals surface area contributed by atoms with Crippen molar-refractivity contribution < 1.29 is 0 Å². The molecule has 0 radical (unpaired) electrons. The highest BCUT2D eigenvalue weighted by Gasteiger charge is 1.96. The van der Waals surface area contributed by atoms with Crippen LogP contribution >= 0.6 is 0 Å². The predicted molar refractivity (Wildman–Crippen MR) is 40.9 cm³/mol. The summed E-state index contributed by atoms with van der Waals surface area (Å²) in [7, 11) is 1.63. The molecule has 1 aromatic rings. The van der Waals surface area contributed by atoms with E-state index in [0.717, 1.165) is 0 Å². The zero-order chi connectivity index (χ0) is 8.27. The molecule has 0 spiro atoms. The van der Waals surface area contributed by atoms with Gasteiger partial charge in [0.1, 0.15) is 5.69 Å². The summed E-state index contributed by atoms with van der Waals surface area (Å²) in [6, 6.07) is 3.26. The molecule has 0 unspecified atom stereocenters. The lowest BCUT2D eigenvalue weighted by atomic mass is 10.4. The third kappa shape index (κ3) is 1.38. The third-order valence-corrected chi connectivity index (χ3v) is 1.31. The first kappa shape index (κ1) is 7.35. The molecule has 1 heterocycles. The average molecular weight is 149 g/mol. The molecule has 0 bridgehead atoms. The van der Waals surface area contributed by atoms with Crippen molar-refractivity contribution in [3.05, 3.63) is 28.7 Å². The van der Waals surface area contributed by atoms with Gasteiger partial charge in [0.2, 0.25) is 0 Å². The Kier molecular flexibility index (Phi) is 1.93. The second-order valence-corrected chi connectivity index (χ2v) is 2.07. The van der Waals surface area contributed by atoms with Gasteiger partial charge in [-0.1, -0.05) is 0 Å². The maximum atomic E-state index is 11.1.